The maximum absolute atomic E-state index is 15.0. The van der Waals surface area contributed by atoms with Crippen molar-refractivity contribution in [3.8, 4) is 22.6 Å². The Balaban J connectivity index is 1.54. The Kier molecular flexibility index (Phi) is 6.08. The predicted molar refractivity (Wildman–Crippen MR) is 131 cm³/mol. The highest BCUT2D eigenvalue weighted by molar-refractivity contribution is 6.04. The van der Waals surface area contributed by atoms with Crippen LogP contribution >= 0.6 is 0 Å². The van der Waals surface area contributed by atoms with Crippen LogP contribution in [0.5, 0.6) is 11.5 Å². The molecule has 7 nitrogen and oxygen atoms in total. The summed E-state index contributed by atoms with van der Waals surface area (Å²) < 4.78 is 42.8. The van der Waals surface area contributed by atoms with Gasteiger partial charge in [-0.25, -0.2) is 9.37 Å². The molecule has 0 unspecified atom stereocenters. The van der Waals surface area contributed by atoms with Gasteiger partial charge in [0.25, 0.3) is 0 Å². The lowest BCUT2D eigenvalue weighted by Crippen LogP contribution is -2.21. The smallest absolute Gasteiger partial charge is 0.201 e. The number of hydrogen-bond acceptors (Lipinski definition) is 6. The molecule has 0 radical (unpaired) electrons. The standard InChI is InChI=1S/C26H25F2N5O2/c1-15(29)23-17(3-7-21-25(23)31-9-10-34-21)14-35-26-19(5-6-20(27)24(26)28)16-4-8-22-32-12-18(11-30-2)33(22)13-16/h3-8,12-13,29-31H,9-11,14H2,1-2H3. The van der Waals surface area contributed by atoms with E-state index in [4.69, 9.17) is 14.9 Å². The van der Waals surface area contributed by atoms with Crippen molar-refractivity contribution in [1.29, 1.82) is 5.41 Å². The van der Waals surface area contributed by atoms with E-state index in [0.717, 1.165) is 17.4 Å². The van der Waals surface area contributed by atoms with Crippen LogP contribution in [0.1, 0.15) is 23.7 Å². The van der Waals surface area contributed by atoms with Gasteiger partial charge in [0.05, 0.1) is 17.6 Å². The van der Waals surface area contributed by atoms with E-state index in [1.165, 1.54) is 6.07 Å². The number of nitrogens with zero attached hydrogens (tertiary/aromatic N) is 2. The van der Waals surface area contributed by atoms with Crippen LogP contribution in [0.2, 0.25) is 0 Å². The molecule has 0 amide bonds. The second kappa shape index (κ2) is 9.34. The second-order valence-corrected chi connectivity index (χ2v) is 8.33. The minimum Gasteiger partial charge on any atom is -0.490 e. The first kappa shape index (κ1) is 22.8. The molecule has 2 aromatic carbocycles. The van der Waals surface area contributed by atoms with Crippen LogP contribution in [0.25, 0.3) is 16.8 Å². The summed E-state index contributed by atoms with van der Waals surface area (Å²) in [5.74, 6) is -1.58. The Morgan fingerprint density at radius 1 is 1.23 bits per heavy atom. The summed E-state index contributed by atoms with van der Waals surface area (Å²) in [5, 5.41) is 14.6. The number of pyridine rings is 1. The van der Waals surface area contributed by atoms with Crippen LogP contribution in [-0.4, -0.2) is 35.3 Å². The number of halogens is 2. The Labute approximate surface area is 201 Å². The lowest BCUT2D eigenvalue weighted by atomic mass is 10.00. The van der Waals surface area contributed by atoms with E-state index in [1.807, 2.05) is 23.7 Å². The average Bonchev–Trinajstić information content (AvgIpc) is 3.26. The molecule has 9 heteroatoms. The van der Waals surface area contributed by atoms with Gasteiger partial charge in [0, 0.05) is 47.3 Å². The highest BCUT2D eigenvalue weighted by atomic mass is 19.2. The molecule has 3 heterocycles. The number of ether oxygens (including phenoxy) is 2. The minimum atomic E-state index is -1.06. The molecule has 0 fully saturated rings. The third-order valence-corrected chi connectivity index (χ3v) is 5.96. The monoisotopic (exact) mass is 477 g/mol. The first-order valence-corrected chi connectivity index (χ1v) is 11.3. The molecule has 0 bridgehead atoms. The quantitative estimate of drug-likeness (QED) is 0.334. The number of aromatic nitrogens is 2. The summed E-state index contributed by atoms with van der Waals surface area (Å²) in [5.41, 5.74) is 5.10. The van der Waals surface area contributed by atoms with Crippen LogP contribution in [0, 0.1) is 17.0 Å². The molecule has 4 aromatic rings. The molecule has 0 saturated carbocycles. The fourth-order valence-electron chi connectivity index (χ4n) is 4.36. The van der Waals surface area contributed by atoms with Crippen LogP contribution in [0.15, 0.2) is 48.8 Å². The fourth-order valence-corrected chi connectivity index (χ4v) is 4.36. The minimum absolute atomic E-state index is 0.0494. The van der Waals surface area contributed by atoms with Crippen molar-refractivity contribution in [1.82, 2.24) is 14.7 Å². The summed E-state index contributed by atoms with van der Waals surface area (Å²) in [7, 11) is 1.84. The van der Waals surface area contributed by atoms with Crippen molar-refractivity contribution in [2.75, 3.05) is 25.5 Å². The van der Waals surface area contributed by atoms with E-state index in [9.17, 15) is 4.39 Å². The normalized spacial score (nSPS) is 12.7. The highest BCUT2D eigenvalue weighted by Crippen LogP contribution is 2.37. The Bertz CT molecular complexity index is 1430. The Hall–Kier alpha value is -3.98. The fraction of sp³-hybridized carbons (Fsp3) is 0.231. The second-order valence-electron chi connectivity index (χ2n) is 8.33. The van der Waals surface area contributed by atoms with E-state index in [2.05, 4.69) is 15.6 Å². The molecule has 1 aliphatic rings. The molecule has 0 spiro atoms. The zero-order valence-corrected chi connectivity index (χ0v) is 19.4. The van der Waals surface area contributed by atoms with Gasteiger partial charge < -0.3 is 29.9 Å². The number of nitrogens with one attached hydrogen (secondary N) is 3. The number of fused-ring (bicyclic) bond motifs is 2. The van der Waals surface area contributed by atoms with Gasteiger partial charge in [-0.2, -0.15) is 4.39 Å². The maximum atomic E-state index is 15.0. The van der Waals surface area contributed by atoms with Gasteiger partial charge >= 0.3 is 0 Å². The number of benzene rings is 2. The average molecular weight is 478 g/mol. The third kappa shape index (κ3) is 4.19. The Morgan fingerprint density at radius 3 is 2.89 bits per heavy atom. The van der Waals surface area contributed by atoms with Crippen molar-refractivity contribution in [2.45, 2.75) is 20.1 Å². The van der Waals surface area contributed by atoms with E-state index in [-0.39, 0.29) is 12.4 Å². The van der Waals surface area contributed by atoms with Crippen LogP contribution < -0.4 is 20.1 Å². The van der Waals surface area contributed by atoms with Gasteiger partial charge in [-0.3, -0.25) is 0 Å². The van der Waals surface area contributed by atoms with Crippen molar-refractivity contribution < 1.29 is 18.3 Å². The predicted octanol–water partition coefficient (Wildman–Crippen LogP) is 4.77. The molecule has 0 saturated heterocycles. The molecular formula is C26H25F2N5O2. The lowest BCUT2D eigenvalue weighted by molar-refractivity contribution is 0.285. The number of rotatable bonds is 7. The zero-order valence-electron chi connectivity index (χ0n) is 19.4. The summed E-state index contributed by atoms with van der Waals surface area (Å²) in [6.07, 6.45) is 3.61. The van der Waals surface area contributed by atoms with Crippen LogP contribution in [0.3, 0.4) is 0 Å². The molecule has 5 rings (SSSR count). The van der Waals surface area contributed by atoms with Crippen LogP contribution in [-0.2, 0) is 13.2 Å². The molecular weight excluding hydrogens is 452 g/mol. The van der Waals surface area contributed by atoms with Crippen molar-refractivity contribution in [2.24, 2.45) is 0 Å². The topological polar surface area (TPSA) is 83.7 Å². The molecule has 180 valence electrons. The molecule has 35 heavy (non-hydrogen) atoms. The van der Waals surface area contributed by atoms with Crippen LogP contribution in [0.4, 0.5) is 14.5 Å². The first-order chi connectivity index (χ1) is 17.0. The van der Waals surface area contributed by atoms with E-state index >= 15 is 4.39 Å². The summed E-state index contributed by atoms with van der Waals surface area (Å²) in [6, 6.07) is 9.82. The molecule has 2 aromatic heterocycles. The van der Waals surface area contributed by atoms with Crippen molar-refractivity contribution in [3.05, 3.63) is 77.2 Å². The van der Waals surface area contributed by atoms with Crippen molar-refractivity contribution in [3.63, 3.8) is 0 Å². The number of anilines is 1. The van der Waals surface area contributed by atoms with Gasteiger partial charge in [0.1, 0.15) is 24.6 Å². The van der Waals surface area contributed by atoms with Gasteiger partial charge in [-0.05, 0) is 44.3 Å². The largest absolute Gasteiger partial charge is 0.490 e. The van der Waals surface area contributed by atoms with Gasteiger partial charge in [-0.15, -0.1) is 0 Å². The Morgan fingerprint density at radius 2 is 2.09 bits per heavy atom. The molecule has 3 N–H and O–H groups in total. The highest BCUT2D eigenvalue weighted by Gasteiger charge is 2.22. The van der Waals surface area contributed by atoms with E-state index in [1.54, 1.807) is 31.3 Å². The number of imidazole rings is 1. The van der Waals surface area contributed by atoms with Crippen molar-refractivity contribution >= 4 is 17.0 Å². The molecule has 1 aliphatic heterocycles. The number of hydrogen-bond donors (Lipinski definition) is 3. The van der Waals surface area contributed by atoms with Gasteiger partial charge in [0.2, 0.25) is 5.82 Å². The summed E-state index contributed by atoms with van der Waals surface area (Å²) in [4.78, 5) is 4.38. The van der Waals surface area contributed by atoms with E-state index in [0.29, 0.717) is 59.1 Å². The lowest BCUT2D eigenvalue weighted by Gasteiger charge is -2.24. The molecule has 0 aliphatic carbocycles. The van der Waals surface area contributed by atoms with E-state index < -0.39 is 11.6 Å². The third-order valence-electron chi connectivity index (χ3n) is 5.96. The summed E-state index contributed by atoms with van der Waals surface area (Å²) >= 11 is 0. The zero-order chi connectivity index (χ0) is 24.5. The SMILES string of the molecule is CNCc1cnc2ccc(-c3ccc(F)c(F)c3OCc3ccc4c(c3C(C)=N)NCCO4)cn12. The maximum Gasteiger partial charge on any atom is 0.201 e. The summed E-state index contributed by atoms with van der Waals surface area (Å²) in [6.45, 7) is 3.38. The van der Waals surface area contributed by atoms with Gasteiger partial charge in [0.15, 0.2) is 11.6 Å². The first-order valence-electron chi connectivity index (χ1n) is 11.3. The molecule has 0 atom stereocenters. The van der Waals surface area contributed by atoms with Gasteiger partial charge in [-0.1, -0.05) is 6.07 Å².